The van der Waals surface area contributed by atoms with Crippen LogP contribution in [0.15, 0.2) is 18.2 Å². The standard InChI is InChI=1S/C12H20N4O/c1-5-16(4)12(17)9(2)14-11-8-6-7-10(13-3)15-11/h6-9H,5H2,1-4H3,(H2,13,14,15). The number of nitrogens with zero attached hydrogens (tertiary/aromatic N) is 2. The van der Waals surface area contributed by atoms with Crippen molar-refractivity contribution in [2.75, 3.05) is 31.3 Å². The Morgan fingerprint density at radius 3 is 2.71 bits per heavy atom. The number of aromatic nitrogens is 1. The lowest BCUT2D eigenvalue weighted by molar-refractivity contribution is -0.130. The zero-order chi connectivity index (χ0) is 12.8. The average Bonchev–Trinajstić information content (AvgIpc) is 2.37. The van der Waals surface area contributed by atoms with E-state index in [1.807, 2.05) is 39.1 Å². The molecule has 0 aliphatic carbocycles. The van der Waals surface area contributed by atoms with Crippen LogP contribution in [-0.2, 0) is 4.79 Å². The first-order valence-electron chi connectivity index (χ1n) is 5.74. The third-order valence-corrected chi connectivity index (χ3v) is 2.59. The monoisotopic (exact) mass is 236 g/mol. The van der Waals surface area contributed by atoms with Gasteiger partial charge in [0.05, 0.1) is 0 Å². The first-order chi connectivity index (χ1) is 8.08. The van der Waals surface area contributed by atoms with Crippen molar-refractivity contribution < 1.29 is 4.79 Å². The number of anilines is 2. The lowest BCUT2D eigenvalue weighted by Crippen LogP contribution is -2.39. The van der Waals surface area contributed by atoms with Gasteiger partial charge in [0.1, 0.15) is 17.7 Å². The summed E-state index contributed by atoms with van der Waals surface area (Å²) in [6.07, 6.45) is 0. The van der Waals surface area contributed by atoms with Gasteiger partial charge in [-0.2, -0.15) is 0 Å². The van der Waals surface area contributed by atoms with Crippen molar-refractivity contribution in [1.82, 2.24) is 9.88 Å². The molecule has 1 aromatic heterocycles. The number of hydrogen-bond acceptors (Lipinski definition) is 4. The zero-order valence-corrected chi connectivity index (χ0v) is 10.8. The van der Waals surface area contributed by atoms with Crippen LogP contribution in [0.2, 0.25) is 0 Å². The van der Waals surface area contributed by atoms with Crippen molar-refractivity contribution in [3.8, 4) is 0 Å². The van der Waals surface area contributed by atoms with Gasteiger partial charge in [0.15, 0.2) is 0 Å². The van der Waals surface area contributed by atoms with Gasteiger partial charge in [-0.15, -0.1) is 0 Å². The van der Waals surface area contributed by atoms with Crippen molar-refractivity contribution in [3.63, 3.8) is 0 Å². The number of carbonyl (C=O) groups excluding carboxylic acids is 1. The van der Waals surface area contributed by atoms with Crippen molar-refractivity contribution in [1.29, 1.82) is 0 Å². The van der Waals surface area contributed by atoms with E-state index in [4.69, 9.17) is 0 Å². The summed E-state index contributed by atoms with van der Waals surface area (Å²) >= 11 is 0. The van der Waals surface area contributed by atoms with Crippen molar-refractivity contribution >= 4 is 17.5 Å². The predicted molar refractivity (Wildman–Crippen MR) is 70.2 cm³/mol. The van der Waals surface area contributed by atoms with Crippen LogP contribution in [0.25, 0.3) is 0 Å². The summed E-state index contributed by atoms with van der Waals surface area (Å²) in [5.74, 6) is 1.53. The molecule has 1 aromatic rings. The minimum atomic E-state index is -0.278. The Hall–Kier alpha value is -1.78. The second-order valence-corrected chi connectivity index (χ2v) is 3.88. The van der Waals surface area contributed by atoms with E-state index in [1.165, 1.54) is 0 Å². The Bertz CT molecular complexity index is 381. The van der Waals surface area contributed by atoms with E-state index < -0.39 is 0 Å². The Morgan fingerprint density at radius 2 is 2.12 bits per heavy atom. The molecule has 0 saturated carbocycles. The molecule has 5 heteroatoms. The maximum absolute atomic E-state index is 11.9. The second-order valence-electron chi connectivity index (χ2n) is 3.88. The van der Waals surface area contributed by atoms with E-state index in [0.29, 0.717) is 12.4 Å². The lowest BCUT2D eigenvalue weighted by atomic mass is 10.3. The van der Waals surface area contributed by atoms with Gasteiger partial charge >= 0.3 is 0 Å². The van der Waals surface area contributed by atoms with Gasteiger partial charge in [-0.1, -0.05) is 6.07 Å². The van der Waals surface area contributed by atoms with E-state index in [9.17, 15) is 4.79 Å². The van der Waals surface area contributed by atoms with E-state index >= 15 is 0 Å². The quantitative estimate of drug-likeness (QED) is 0.811. The molecule has 1 amide bonds. The molecule has 5 nitrogen and oxygen atoms in total. The Kier molecular flexibility index (Phi) is 4.75. The largest absolute Gasteiger partial charge is 0.373 e. The Morgan fingerprint density at radius 1 is 1.47 bits per heavy atom. The van der Waals surface area contributed by atoms with Crippen LogP contribution in [0, 0.1) is 0 Å². The highest BCUT2D eigenvalue weighted by molar-refractivity contribution is 5.83. The summed E-state index contributed by atoms with van der Waals surface area (Å²) < 4.78 is 0. The van der Waals surface area contributed by atoms with Crippen LogP contribution in [0.3, 0.4) is 0 Å². The summed E-state index contributed by atoms with van der Waals surface area (Å²) in [4.78, 5) is 17.8. The maximum atomic E-state index is 11.9. The second kappa shape index (κ2) is 6.08. The molecule has 0 spiro atoms. The smallest absolute Gasteiger partial charge is 0.244 e. The van der Waals surface area contributed by atoms with Gasteiger partial charge < -0.3 is 15.5 Å². The third-order valence-electron chi connectivity index (χ3n) is 2.59. The van der Waals surface area contributed by atoms with Crippen molar-refractivity contribution in [2.24, 2.45) is 0 Å². The molecule has 1 heterocycles. The third kappa shape index (κ3) is 3.62. The van der Waals surface area contributed by atoms with Crippen LogP contribution >= 0.6 is 0 Å². The molecular formula is C12H20N4O. The van der Waals surface area contributed by atoms with Crippen LogP contribution in [0.5, 0.6) is 0 Å². The first-order valence-corrected chi connectivity index (χ1v) is 5.74. The van der Waals surface area contributed by atoms with E-state index in [1.54, 1.807) is 11.9 Å². The summed E-state index contributed by atoms with van der Waals surface area (Å²) in [7, 11) is 3.60. The van der Waals surface area contributed by atoms with E-state index in [2.05, 4.69) is 15.6 Å². The number of pyridine rings is 1. The van der Waals surface area contributed by atoms with Gasteiger partial charge in [0.2, 0.25) is 5.91 Å². The first kappa shape index (κ1) is 13.3. The van der Waals surface area contributed by atoms with Crippen LogP contribution in [0.1, 0.15) is 13.8 Å². The topological polar surface area (TPSA) is 57.3 Å². The molecule has 0 radical (unpaired) electrons. The fraction of sp³-hybridized carbons (Fsp3) is 0.500. The number of carbonyl (C=O) groups is 1. The predicted octanol–water partition coefficient (Wildman–Crippen LogP) is 1.40. The van der Waals surface area contributed by atoms with Gasteiger partial charge in [-0.05, 0) is 26.0 Å². The molecule has 0 aromatic carbocycles. The Labute approximate surface area is 102 Å². The highest BCUT2D eigenvalue weighted by Crippen LogP contribution is 2.10. The average molecular weight is 236 g/mol. The zero-order valence-electron chi connectivity index (χ0n) is 10.8. The van der Waals surface area contributed by atoms with Gasteiger partial charge in [0.25, 0.3) is 0 Å². The molecule has 0 saturated heterocycles. The summed E-state index contributed by atoms with van der Waals surface area (Å²) in [6.45, 7) is 4.49. The molecule has 0 aliphatic rings. The number of likely N-dealkylation sites (N-methyl/N-ethyl adjacent to an activating group) is 1. The van der Waals surface area contributed by atoms with Crippen LogP contribution in [0.4, 0.5) is 11.6 Å². The normalized spacial score (nSPS) is 11.8. The minimum Gasteiger partial charge on any atom is -0.373 e. The van der Waals surface area contributed by atoms with Crippen LogP contribution < -0.4 is 10.6 Å². The number of amides is 1. The molecule has 17 heavy (non-hydrogen) atoms. The maximum Gasteiger partial charge on any atom is 0.244 e. The van der Waals surface area contributed by atoms with Crippen LogP contribution in [-0.4, -0.2) is 42.5 Å². The van der Waals surface area contributed by atoms with Crippen molar-refractivity contribution in [2.45, 2.75) is 19.9 Å². The fourth-order valence-electron chi connectivity index (χ4n) is 1.42. The molecular weight excluding hydrogens is 216 g/mol. The lowest BCUT2D eigenvalue weighted by Gasteiger charge is -2.21. The molecule has 2 N–H and O–H groups in total. The highest BCUT2D eigenvalue weighted by atomic mass is 16.2. The molecule has 1 unspecified atom stereocenters. The van der Waals surface area contributed by atoms with Gasteiger partial charge in [-0.25, -0.2) is 4.98 Å². The highest BCUT2D eigenvalue weighted by Gasteiger charge is 2.16. The number of rotatable bonds is 5. The minimum absolute atomic E-state index is 0.0594. The number of hydrogen-bond donors (Lipinski definition) is 2. The molecule has 1 atom stereocenters. The summed E-state index contributed by atoms with van der Waals surface area (Å²) in [5, 5.41) is 6.05. The Balaban J connectivity index is 2.67. The summed E-state index contributed by atoms with van der Waals surface area (Å²) in [5.41, 5.74) is 0. The number of nitrogens with one attached hydrogen (secondary N) is 2. The SMILES string of the molecule is CCN(C)C(=O)C(C)Nc1cccc(NC)n1. The van der Waals surface area contributed by atoms with E-state index in [0.717, 1.165) is 5.82 Å². The molecule has 94 valence electrons. The fourth-order valence-corrected chi connectivity index (χ4v) is 1.42. The molecule has 0 aliphatic heterocycles. The molecule has 0 fully saturated rings. The van der Waals surface area contributed by atoms with Gasteiger partial charge in [-0.3, -0.25) is 4.79 Å². The summed E-state index contributed by atoms with van der Waals surface area (Å²) in [6, 6.07) is 5.33. The van der Waals surface area contributed by atoms with E-state index in [-0.39, 0.29) is 11.9 Å². The molecule has 0 bridgehead atoms. The van der Waals surface area contributed by atoms with Gasteiger partial charge in [0, 0.05) is 20.6 Å². The molecule has 1 rings (SSSR count). The van der Waals surface area contributed by atoms with Crippen molar-refractivity contribution in [3.05, 3.63) is 18.2 Å².